The molecule has 0 aromatic carbocycles. The van der Waals surface area contributed by atoms with Crippen molar-refractivity contribution in [2.75, 3.05) is 5.32 Å². The molecule has 0 bridgehead atoms. The number of hydrogen-bond acceptors (Lipinski definition) is 7. The number of nitrogens with one attached hydrogen (secondary N) is 2. The number of furan rings is 1. The summed E-state index contributed by atoms with van der Waals surface area (Å²) in [5.41, 5.74) is 1.52. The second kappa shape index (κ2) is 5.95. The van der Waals surface area contributed by atoms with Gasteiger partial charge in [-0.25, -0.2) is 0 Å². The lowest BCUT2D eigenvalue weighted by Crippen LogP contribution is -2.12. The van der Waals surface area contributed by atoms with E-state index >= 15 is 0 Å². The number of aromatic nitrogens is 4. The maximum absolute atomic E-state index is 12.5. The van der Waals surface area contributed by atoms with Gasteiger partial charge in [-0.2, -0.15) is 10.1 Å². The van der Waals surface area contributed by atoms with Crippen LogP contribution in [-0.2, 0) is 0 Å². The van der Waals surface area contributed by atoms with Crippen LogP contribution in [0.5, 0.6) is 0 Å². The summed E-state index contributed by atoms with van der Waals surface area (Å²) >= 11 is 1.43. The minimum atomic E-state index is -0.333. The number of hydrogen-bond donors (Lipinski definition) is 2. The first kappa shape index (κ1) is 15.1. The van der Waals surface area contributed by atoms with Gasteiger partial charge in [-0.1, -0.05) is 5.16 Å². The van der Waals surface area contributed by atoms with Gasteiger partial charge in [-0.05, 0) is 36.4 Å². The average Bonchev–Trinajstić information content (AvgIpc) is 3.18. The third-order valence-corrected chi connectivity index (χ3v) is 4.99. The predicted molar refractivity (Wildman–Crippen MR) is 93.8 cm³/mol. The molecule has 26 heavy (non-hydrogen) atoms. The highest BCUT2D eigenvalue weighted by Crippen LogP contribution is 2.40. The lowest BCUT2D eigenvalue weighted by atomic mass is 10.3. The Balaban J connectivity index is 1.36. The molecule has 1 saturated carbocycles. The quantitative estimate of drug-likeness (QED) is 0.553. The largest absolute Gasteiger partial charge is 0.463 e. The van der Waals surface area contributed by atoms with E-state index < -0.39 is 0 Å². The first-order valence-corrected chi connectivity index (χ1v) is 8.98. The van der Waals surface area contributed by atoms with Crippen molar-refractivity contribution in [2.24, 2.45) is 0 Å². The standard InChI is InChI=1S/C17H13N5O3S/c23-16(12-8-11(20-21-12)13-2-1-6-24-13)18-10-5-7-26-14(10)17-19-15(22-25-17)9-3-4-9/h1-2,5-9H,3-4H2,(H,18,23)(H,20,21). The van der Waals surface area contributed by atoms with E-state index in [4.69, 9.17) is 8.94 Å². The Labute approximate surface area is 151 Å². The van der Waals surface area contributed by atoms with Crippen LogP contribution in [0.1, 0.15) is 35.1 Å². The molecule has 9 heteroatoms. The Kier molecular flexibility index (Phi) is 3.45. The van der Waals surface area contributed by atoms with E-state index in [1.165, 1.54) is 11.3 Å². The lowest BCUT2D eigenvalue weighted by Gasteiger charge is -2.01. The zero-order valence-electron chi connectivity index (χ0n) is 13.4. The molecule has 1 amide bonds. The molecule has 0 aliphatic heterocycles. The Morgan fingerprint density at radius 2 is 2.27 bits per heavy atom. The van der Waals surface area contributed by atoms with Crippen molar-refractivity contribution in [1.29, 1.82) is 0 Å². The van der Waals surface area contributed by atoms with Gasteiger partial charge in [0, 0.05) is 12.0 Å². The van der Waals surface area contributed by atoms with Crippen molar-refractivity contribution in [3.05, 3.63) is 47.4 Å². The van der Waals surface area contributed by atoms with Crippen molar-refractivity contribution in [3.8, 4) is 22.2 Å². The summed E-state index contributed by atoms with van der Waals surface area (Å²) in [6, 6.07) is 7.00. The van der Waals surface area contributed by atoms with Gasteiger partial charge in [0.2, 0.25) is 0 Å². The maximum Gasteiger partial charge on any atom is 0.276 e. The lowest BCUT2D eigenvalue weighted by molar-refractivity contribution is 0.102. The molecular formula is C17H13N5O3S. The molecule has 4 heterocycles. The summed E-state index contributed by atoms with van der Waals surface area (Å²) in [5.74, 6) is 1.86. The monoisotopic (exact) mass is 367 g/mol. The molecule has 1 fully saturated rings. The third kappa shape index (κ3) is 2.72. The summed E-state index contributed by atoms with van der Waals surface area (Å²) in [4.78, 5) is 17.7. The van der Waals surface area contributed by atoms with Crippen LogP contribution in [-0.4, -0.2) is 26.2 Å². The fraction of sp³-hybridized carbons (Fsp3) is 0.176. The van der Waals surface area contributed by atoms with Gasteiger partial charge in [0.25, 0.3) is 11.8 Å². The molecular weight excluding hydrogens is 354 g/mol. The molecule has 130 valence electrons. The van der Waals surface area contributed by atoms with Gasteiger partial charge in [0.15, 0.2) is 17.3 Å². The molecule has 2 N–H and O–H groups in total. The van der Waals surface area contributed by atoms with E-state index in [0.717, 1.165) is 23.5 Å². The summed E-state index contributed by atoms with van der Waals surface area (Å²) in [7, 11) is 0. The molecule has 4 aromatic rings. The van der Waals surface area contributed by atoms with E-state index in [1.807, 2.05) is 5.38 Å². The minimum Gasteiger partial charge on any atom is -0.463 e. The van der Waals surface area contributed by atoms with Gasteiger partial charge in [-0.15, -0.1) is 11.3 Å². The highest BCUT2D eigenvalue weighted by molar-refractivity contribution is 7.14. The van der Waals surface area contributed by atoms with E-state index in [2.05, 4.69) is 25.7 Å². The van der Waals surface area contributed by atoms with Crippen LogP contribution in [0.15, 0.2) is 44.8 Å². The number of aromatic amines is 1. The number of rotatable bonds is 5. The predicted octanol–water partition coefficient (Wildman–Crippen LogP) is 3.91. The van der Waals surface area contributed by atoms with Gasteiger partial charge >= 0.3 is 0 Å². The number of thiophene rings is 1. The van der Waals surface area contributed by atoms with Crippen LogP contribution in [0, 0.1) is 0 Å². The topological polar surface area (TPSA) is 110 Å². The fourth-order valence-corrected chi connectivity index (χ4v) is 3.36. The number of amides is 1. The normalized spacial score (nSPS) is 13.8. The molecule has 0 atom stereocenters. The molecule has 1 aliphatic carbocycles. The number of H-pyrrole nitrogens is 1. The zero-order chi connectivity index (χ0) is 17.5. The summed E-state index contributed by atoms with van der Waals surface area (Å²) < 4.78 is 10.6. The van der Waals surface area contributed by atoms with Gasteiger partial charge < -0.3 is 14.3 Å². The number of nitrogens with zero attached hydrogens (tertiary/aromatic N) is 3. The first-order chi connectivity index (χ1) is 12.8. The smallest absolute Gasteiger partial charge is 0.276 e. The Morgan fingerprint density at radius 1 is 1.35 bits per heavy atom. The molecule has 0 spiro atoms. The number of carbonyl (C=O) groups is 1. The average molecular weight is 367 g/mol. The molecule has 0 unspecified atom stereocenters. The summed E-state index contributed by atoms with van der Waals surface area (Å²) in [5, 5.41) is 15.6. The van der Waals surface area contributed by atoms with Crippen molar-refractivity contribution in [1.82, 2.24) is 20.3 Å². The highest BCUT2D eigenvalue weighted by atomic mass is 32.1. The van der Waals surface area contributed by atoms with E-state index in [0.29, 0.717) is 29.0 Å². The Bertz CT molecular complexity index is 1060. The van der Waals surface area contributed by atoms with Crippen molar-refractivity contribution in [3.63, 3.8) is 0 Å². The maximum atomic E-state index is 12.5. The van der Waals surface area contributed by atoms with Crippen LogP contribution in [0.3, 0.4) is 0 Å². The fourth-order valence-electron chi connectivity index (χ4n) is 2.59. The molecule has 4 aromatic heterocycles. The third-order valence-electron chi connectivity index (χ3n) is 4.09. The van der Waals surface area contributed by atoms with Gasteiger partial charge in [0.05, 0.1) is 12.0 Å². The van der Waals surface area contributed by atoms with Crippen LogP contribution in [0.2, 0.25) is 0 Å². The second-order valence-corrected chi connectivity index (χ2v) is 6.91. The van der Waals surface area contributed by atoms with Crippen molar-refractivity contribution in [2.45, 2.75) is 18.8 Å². The molecule has 1 aliphatic rings. The Hall–Kier alpha value is -3.20. The van der Waals surface area contributed by atoms with E-state index in [1.54, 1.807) is 30.5 Å². The van der Waals surface area contributed by atoms with Crippen molar-refractivity contribution >= 4 is 22.9 Å². The minimum absolute atomic E-state index is 0.262. The van der Waals surface area contributed by atoms with Gasteiger partial charge in [-0.3, -0.25) is 9.89 Å². The molecule has 5 rings (SSSR count). The first-order valence-electron chi connectivity index (χ1n) is 8.10. The van der Waals surface area contributed by atoms with Crippen LogP contribution in [0.4, 0.5) is 5.69 Å². The van der Waals surface area contributed by atoms with Crippen LogP contribution < -0.4 is 5.32 Å². The van der Waals surface area contributed by atoms with E-state index in [9.17, 15) is 4.79 Å². The highest BCUT2D eigenvalue weighted by Gasteiger charge is 2.29. The molecule has 0 saturated heterocycles. The summed E-state index contributed by atoms with van der Waals surface area (Å²) in [6.07, 6.45) is 3.77. The van der Waals surface area contributed by atoms with E-state index in [-0.39, 0.29) is 11.6 Å². The molecule has 8 nitrogen and oxygen atoms in total. The second-order valence-electron chi connectivity index (χ2n) is 5.99. The van der Waals surface area contributed by atoms with Crippen LogP contribution >= 0.6 is 11.3 Å². The van der Waals surface area contributed by atoms with Crippen molar-refractivity contribution < 1.29 is 13.7 Å². The number of carbonyl (C=O) groups excluding carboxylic acids is 1. The van der Waals surface area contributed by atoms with Crippen LogP contribution in [0.25, 0.3) is 22.2 Å². The zero-order valence-corrected chi connectivity index (χ0v) is 14.2. The molecule has 0 radical (unpaired) electrons. The summed E-state index contributed by atoms with van der Waals surface area (Å²) in [6.45, 7) is 0. The Morgan fingerprint density at radius 3 is 3.08 bits per heavy atom. The number of anilines is 1. The van der Waals surface area contributed by atoms with Gasteiger partial charge in [0.1, 0.15) is 10.6 Å². The SMILES string of the molecule is O=C(Nc1ccsc1-c1nc(C2CC2)no1)c1cc(-c2ccco2)[nH]n1.